The van der Waals surface area contributed by atoms with Gasteiger partial charge in [-0.2, -0.15) is 0 Å². The molecule has 0 radical (unpaired) electrons. The first kappa shape index (κ1) is 16.1. The average Bonchev–Trinajstić information content (AvgIpc) is 3.03. The van der Waals surface area contributed by atoms with Crippen LogP contribution in [0.2, 0.25) is 0 Å². The third-order valence-corrected chi connectivity index (χ3v) is 2.83. The normalized spacial score (nSPS) is 9.91. The van der Waals surface area contributed by atoms with Gasteiger partial charge in [-0.25, -0.2) is 4.79 Å². The molecule has 0 saturated carbocycles. The van der Waals surface area contributed by atoms with E-state index >= 15 is 0 Å². The summed E-state index contributed by atoms with van der Waals surface area (Å²) >= 11 is 0. The fourth-order valence-electron chi connectivity index (χ4n) is 1.87. The van der Waals surface area contributed by atoms with E-state index in [0.717, 1.165) is 0 Å². The topological polar surface area (TPSA) is 91.8 Å². The van der Waals surface area contributed by atoms with Crippen LogP contribution in [0, 0.1) is 22.5 Å². The van der Waals surface area contributed by atoms with Crippen molar-refractivity contribution in [3.63, 3.8) is 0 Å². The van der Waals surface area contributed by atoms with Crippen LogP contribution >= 0.6 is 0 Å². The van der Waals surface area contributed by atoms with Gasteiger partial charge < -0.3 is 13.9 Å². The first-order valence-corrected chi connectivity index (χ1v) is 6.68. The zero-order chi connectivity index (χ0) is 16.8. The van der Waals surface area contributed by atoms with Crippen molar-refractivity contribution >= 4 is 11.7 Å². The molecule has 0 aliphatic heterocycles. The predicted octanol–water partition coefficient (Wildman–Crippen LogP) is 3.04. The molecular formula is C16H13NO6. The van der Waals surface area contributed by atoms with E-state index in [9.17, 15) is 14.9 Å². The lowest BCUT2D eigenvalue weighted by atomic mass is 10.1. The summed E-state index contributed by atoms with van der Waals surface area (Å²) in [6, 6.07) is 7.34. The van der Waals surface area contributed by atoms with Crippen molar-refractivity contribution in [3.8, 4) is 29.4 Å². The van der Waals surface area contributed by atoms with Gasteiger partial charge in [0.1, 0.15) is 5.76 Å². The molecule has 0 aliphatic rings. The van der Waals surface area contributed by atoms with Gasteiger partial charge in [0.15, 0.2) is 12.4 Å². The Morgan fingerprint density at radius 3 is 2.83 bits per heavy atom. The van der Waals surface area contributed by atoms with Crippen LogP contribution in [0.4, 0.5) is 5.69 Å². The summed E-state index contributed by atoms with van der Waals surface area (Å²) in [7, 11) is 0. The van der Waals surface area contributed by atoms with Crippen molar-refractivity contribution in [2.75, 3.05) is 13.2 Å². The van der Waals surface area contributed by atoms with Gasteiger partial charge in [0, 0.05) is 11.6 Å². The van der Waals surface area contributed by atoms with Crippen molar-refractivity contribution in [1.82, 2.24) is 0 Å². The quantitative estimate of drug-likeness (QED) is 0.352. The van der Waals surface area contributed by atoms with Crippen molar-refractivity contribution < 1.29 is 23.6 Å². The molecule has 0 atom stereocenters. The fourth-order valence-corrected chi connectivity index (χ4v) is 1.87. The maximum absolute atomic E-state index is 11.6. The first-order valence-electron chi connectivity index (χ1n) is 6.68. The molecule has 7 heteroatoms. The van der Waals surface area contributed by atoms with Crippen LogP contribution in [-0.4, -0.2) is 24.1 Å². The number of rotatable bonds is 6. The second-order valence-electron chi connectivity index (χ2n) is 4.32. The van der Waals surface area contributed by atoms with Gasteiger partial charge >= 0.3 is 11.7 Å². The Kier molecular flexibility index (Phi) is 5.00. The zero-order valence-corrected chi connectivity index (χ0v) is 12.3. The van der Waals surface area contributed by atoms with Gasteiger partial charge in [-0.15, -0.1) is 6.42 Å². The van der Waals surface area contributed by atoms with Crippen molar-refractivity contribution in [3.05, 3.63) is 46.2 Å². The molecule has 2 rings (SSSR count). The highest BCUT2D eigenvalue weighted by Gasteiger charge is 2.19. The smallest absolute Gasteiger partial charge is 0.375 e. The number of nitro benzene ring substituents is 1. The molecule has 0 aliphatic carbocycles. The Hall–Kier alpha value is -3.27. The predicted molar refractivity (Wildman–Crippen MR) is 81.1 cm³/mol. The van der Waals surface area contributed by atoms with Crippen LogP contribution in [-0.2, 0) is 4.74 Å². The molecule has 0 unspecified atom stereocenters. The number of furan rings is 1. The number of carbonyl (C=O) groups is 1. The number of benzene rings is 1. The minimum Gasteiger partial charge on any atom is -0.487 e. The molecular weight excluding hydrogens is 302 g/mol. The number of hydrogen-bond acceptors (Lipinski definition) is 6. The summed E-state index contributed by atoms with van der Waals surface area (Å²) in [5, 5.41) is 11.1. The molecule has 118 valence electrons. The second kappa shape index (κ2) is 7.13. The summed E-state index contributed by atoms with van der Waals surface area (Å²) in [4.78, 5) is 22.2. The Morgan fingerprint density at radius 2 is 2.17 bits per heavy atom. The van der Waals surface area contributed by atoms with Gasteiger partial charge in [-0.05, 0) is 31.2 Å². The third kappa shape index (κ3) is 3.68. The SMILES string of the molecule is C#CCOC(=O)c1ccc(-c2ccc(OCC)c([N+](=O)[O-])c2)o1. The number of carbonyl (C=O) groups excluding carboxylic acids is 1. The van der Waals surface area contributed by atoms with Gasteiger partial charge in [0.25, 0.3) is 0 Å². The molecule has 1 aromatic carbocycles. The summed E-state index contributed by atoms with van der Waals surface area (Å²) in [6.45, 7) is 1.88. The molecule has 0 spiro atoms. The van der Waals surface area contributed by atoms with Gasteiger partial charge in [0.2, 0.25) is 5.76 Å². The average molecular weight is 315 g/mol. The lowest BCUT2D eigenvalue weighted by Gasteiger charge is -2.05. The number of nitrogens with zero attached hydrogens (tertiary/aromatic N) is 1. The Labute approximate surface area is 132 Å². The maximum atomic E-state index is 11.6. The summed E-state index contributed by atoms with van der Waals surface area (Å²) < 4.78 is 15.3. The maximum Gasteiger partial charge on any atom is 0.375 e. The van der Waals surface area contributed by atoms with Crippen molar-refractivity contribution in [2.45, 2.75) is 6.92 Å². The summed E-state index contributed by atoms with van der Waals surface area (Å²) in [6.07, 6.45) is 5.00. The van der Waals surface area contributed by atoms with Crippen LogP contribution in [0.1, 0.15) is 17.5 Å². The molecule has 1 heterocycles. The minimum absolute atomic E-state index is 0.0354. The van der Waals surface area contributed by atoms with Gasteiger partial charge in [-0.1, -0.05) is 5.92 Å². The molecule has 23 heavy (non-hydrogen) atoms. The van der Waals surface area contributed by atoms with E-state index in [2.05, 4.69) is 5.92 Å². The highest BCUT2D eigenvalue weighted by molar-refractivity contribution is 5.87. The fraction of sp³-hybridized carbons (Fsp3) is 0.188. The minimum atomic E-state index is -0.699. The first-order chi connectivity index (χ1) is 11.1. The van der Waals surface area contributed by atoms with Crippen molar-refractivity contribution in [1.29, 1.82) is 0 Å². The Morgan fingerprint density at radius 1 is 1.39 bits per heavy atom. The monoisotopic (exact) mass is 315 g/mol. The molecule has 0 fully saturated rings. The summed E-state index contributed by atoms with van der Waals surface area (Å²) in [5.74, 6) is 1.90. The van der Waals surface area contributed by atoms with E-state index < -0.39 is 10.9 Å². The van der Waals surface area contributed by atoms with E-state index in [1.54, 1.807) is 13.0 Å². The molecule has 0 N–H and O–H groups in total. The molecule has 0 saturated heterocycles. The second-order valence-corrected chi connectivity index (χ2v) is 4.32. The molecule has 7 nitrogen and oxygen atoms in total. The molecule has 0 bridgehead atoms. The third-order valence-electron chi connectivity index (χ3n) is 2.83. The van der Waals surface area contributed by atoms with E-state index in [-0.39, 0.29) is 23.8 Å². The number of nitro groups is 1. The zero-order valence-electron chi connectivity index (χ0n) is 12.3. The van der Waals surface area contributed by atoms with Crippen LogP contribution in [0.3, 0.4) is 0 Å². The van der Waals surface area contributed by atoms with Crippen LogP contribution in [0.25, 0.3) is 11.3 Å². The van der Waals surface area contributed by atoms with E-state index in [4.69, 9.17) is 20.3 Å². The van der Waals surface area contributed by atoms with Crippen molar-refractivity contribution in [2.24, 2.45) is 0 Å². The Balaban J connectivity index is 2.31. The Bertz CT molecular complexity index is 771. The lowest BCUT2D eigenvalue weighted by molar-refractivity contribution is -0.385. The number of esters is 1. The number of hydrogen-bond donors (Lipinski definition) is 0. The van der Waals surface area contributed by atoms with E-state index in [1.165, 1.54) is 24.3 Å². The number of terminal acetylenes is 1. The van der Waals surface area contributed by atoms with Crippen LogP contribution in [0.15, 0.2) is 34.7 Å². The highest BCUT2D eigenvalue weighted by Crippen LogP contribution is 2.33. The summed E-state index contributed by atoms with van der Waals surface area (Å²) in [5.41, 5.74) is 0.258. The van der Waals surface area contributed by atoms with Crippen LogP contribution < -0.4 is 4.74 Å². The van der Waals surface area contributed by atoms with Gasteiger partial charge in [0.05, 0.1) is 11.5 Å². The van der Waals surface area contributed by atoms with E-state index in [1.807, 2.05) is 0 Å². The highest BCUT2D eigenvalue weighted by atomic mass is 16.6. The lowest BCUT2D eigenvalue weighted by Crippen LogP contribution is -2.03. The standard InChI is InChI=1S/C16H13NO6/c1-3-9-22-16(18)15-8-7-13(23-15)11-5-6-14(21-4-2)12(10-11)17(19)20/h1,5-8,10H,4,9H2,2H3. The van der Waals surface area contributed by atoms with Crippen LogP contribution in [0.5, 0.6) is 5.75 Å². The molecule has 0 amide bonds. The molecule has 2 aromatic rings. The largest absolute Gasteiger partial charge is 0.487 e. The number of ether oxygens (including phenoxy) is 2. The van der Waals surface area contributed by atoms with Gasteiger partial charge in [-0.3, -0.25) is 10.1 Å². The van der Waals surface area contributed by atoms with E-state index in [0.29, 0.717) is 17.9 Å². The molecule has 1 aromatic heterocycles.